The predicted molar refractivity (Wildman–Crippen MR) is 132 cm³/mol. The van der Waals surface area contributed by atoms with Crippen molar-refractivity contribution in [1.29, 1.82) is 0 Å². The highest BCUT2D eigenvalue weighted by molar-refractivity contribution is 7.89. The molecule has 0 bridgehead atoms. The summed E-state index contributed by atoms with van der Waals surface area (Å²) in [5, 5.41) is 3.47. The molecule has 2 heterocycles. The van der Waals surface area contributed by atoms with Crippen LogP contribution in [0.1, 0.15) is 58.4 Å². The minimum Gasteiger partial charge on any atom is -0.265 e. The average molecular weight is 479 g/mol. The van der Waals surface area contributed by atoms with Crippen LogP contribution < -0.4 is 30.4 Å². The first kappa shape index (κ1) is 23.1. The Labute approximate surface area is 200 Å². The largest absolute Gasteiger partial charge is 0.312 e. The van der Waals surface area contributed by atoms with Crippen molar-refractivity contribution >= 4 is 27.2 Å². The molecule has 0 radical (unpaired) electrons. The van der Waals surface area contributed by atoms with E-state index in [0.29, 0.717) is 11.3 Å². The number of carbonyl (C=O) groups is 1. The molecule has 1 N–H and O–H groups in total. The van der Waals surface area contributed by atoms with Gasteiger partial charge in [0, 0.05) is 17.2 Å². The van der Waals surface area contributed by atoms with Crippen molar-refractivity contribution in [3.63, 3.8) is 0 Å². The number of rotatable bonds is 3. The fourth-order valence-electron chi connectivity index (χ4n) is 5.48. The van der Waals surface area contributed by atoms with Crippen LogP contribution in [0.5, 0.6) is 0 Å². The number of nitrogens with zero attached hydrogens (tertiary/aromatic N) is 2. The first-order chi connectivity index (χ1) is 16.0. The maximum atomic E-state index is 13.1. The van der Waals surface area contributed by atoms with Gasteiger partial charge < -0.3 is 0 Å². The van der Waals surface area contributed by atoms with Crippen LogP contribution in [0.25, 0.3) is 11.3 Å². The van der Waals surface area contributed by atoms with E-state index in [1.807, 2.05) is 44.4 Å². The molecule has 0 unspecified atom stereocenters. The summed E-state index contributed by atoms with van der Waals surface area (Å²) in [6.07, 6.45) is 5.81. The Morgan fingerprint density at radius 3 is 2.41 bits per heavy atom. The summed E-state index contributed by atoms with van der Waals surface area (Å²) in [5.74, 6) is 0.156. The SMILES string of the molecule is Cc1ccc2c(c1)=NC(=O)C[N+]1=c3cc(S(=O)(=O)NC(C)(C)C)ccc3=C(C3CCCCC3)C=21. The molecule has 2 aromatic rings. The molecule has 1 saturated carbocycles. The number of benzene rings is 2. The molecule has 7 heteroatoms. The van der Waals surface area contributed by atoms with Crippen molar-refractivity contribution in [3.05, 3.63) is 63.1 Å². The molecule has 34 heavy (non-hydrogen) atoms. The molecular weight excluding hydrogens is 446 g/mol. The first-order valence-corrected chi connectivity index (χ1v) is 13.6. The number of sulfonamides is 1. The van der Waals surface area contributed by atoms with Gasteiger partial charge in [0.25, 0.3) is 0 Å². The smallest absolute Gasteiger partial charge is 0.265 e. The number of hydrogen-bond acceptors (Lipinski definition) is 3. The van der Waals surface area contributed by atoms with Gasteiger partial charge in [-0.15, -0.1) is 0 Å². The molecule has 1 aliphatic carbocycles. The summed E-state index contributed by atoms with van der Waals surface area (Å²) >= 11 is 0. The standard InChI is InChI=1S/C27H32N3O3S/c1-17-10-12-20-22(14-17)28-24(31)16-30-23-15-19(34(32,33)29-27(2,3)4)11-13-21(23)25(26(20)30)18-8-6-5-7-9-18/h10-15,18,29H,5-9,16H2,1-4H3/q+1. The van der Waals surface area contributed by atoms with Crippen LogP contribution in [0.15, 0.2) is 46.3 Å². The van der Waals surface area contributed by atoms with Crippen LogP contribution >= 0.6 is 0 Å². The number of nitrogens with one attached hydrogen (secondary N) is 1. The Morgan fingerprint density at radius 2 is 1.71 bits per heavy atom. The van der Waals surface area contributed by atoms with Crippen molar-refractivity contribution < 1.29 is 13.2 Å². The number of fused-ring (bicyclic) bond motifs is 3. The maximum absolute atomic E-state index is 13.1. The fraction of sp³-hybridized carbons (Fsp3) is 0.444. The van der Waals surface area contributed by atoms with Crippen molar-refractivity contribution in [3.8, 4) is 0 Å². The number of amides is 1. The summed E-state index contributed by atoms with van der Waals surface area (Å²) in [7, 11) is -3.71. The third kappa shape index (κ3) is 4.16. The summed E-state index contributed by atoms with van der Waals surface area (Å²) < 4.78 is 31.0. The van der Waals surface area contributed by atoms with E-state index >= 15 is 0 Å². The van der Waals surface area contributed by atoms with Crippen LogP contribution in [-0.4, -0.2) is 26.4 Å². The van der Waals surface area contributed by atoms with E-state index in [0.717, 1.165) is 39.9 Å². The molecule has 6 nitrogen and oxygen atoms in total. The average Bonchev–Trinajstić information content (AvgIpc) is 2.98. The van der Waals surface area contributed by atoms with Crippen LogP contribution in [0, 0.1) is 12.8 Å². The van der Waals surface area contributed by atoms with Gasteiger partial charge in [0.15, 0.2) is 0 Å². The zero-order valence-corrected chi connectivity index (χ0v) is 21.1. The van der Waals surface area contributed by atoms with Gasteiger partial charge in [-0.2, -0.15) is 4.58 Å². The Kier molecular flexibility index (Phi) is 5.60. The summed E-state index contributed by atoms with van der Waals surface area (Å²) in [6, 6.07) is 11.4. The lowest BCUT2D eigenvalue weighted by Gasteiger charge is -2.22. The minimum atomic E-state index is -3.71. The van der Waals surface area contributed by atoms with Crippen molar-refractivity contribution in [2.45, 2.75) is 70.2 Å². The van der Waals surface area contributed by atoms with E-state index in [1.54, 1.807) is 12.1 Å². The second-order valence-corrected chi connectivity index (χ2v) is 12.4. The third-order valence-corrected chi connectivity index (χ3v) is 8.54. The van der Waals surface area contributed by atoms with E-state index in [-0.39, 0.29) is 17.3 Å². The van der Waals surface area contributed by atoms with E-state index in [1.165, 1.54) is 24.8 Å². The summed E-state index contributed by atoms with van der Waals surface area (Å²) in [4.78, 5) is 17.5. The van der Waals surface area contributed by atoms with E-state index in [2.05, 4.69) is 21.8 Å². The lowest BCUT2D eigenvalue weighted by molar-refractivity contribution is -0.117. The van der Waals surface area contributed by atoms with Gasteiger partial charge >= 0.3 is 5.91 Å². The Balaban J connectivity index is 1.86. The van der Waals surface area contributed by atoms with Gasteiger partial charge in [-0.1, -0.05) is 25.3 Å². The van der Waals surface area contributed by atoms with Gasteiger partial charge in [0.05, 0.1) is 20.7 Å². The fourth-order valence-corrected chi connectivity index (χ4v) is 6.92. The topological polar surface area (TPSA) is 78.6 Å². The van der Waals surface area contributed by atoms with Crippen molar-refractivity contribution in [2.24, 2.45) is 10.9 Å². The zero-order chi connectivity index (χ0) is 24.3. The Bertz CT molecular complexity index is 1560. The van der Waals surface area contributed by atoms with Crippen LogP contribution in [0.4, 0.5) is 0 Å². The molecular formula is C27H32N3O3S+. The van der Waals surface area contributed by atoms with Crippen molar-refractivity contribution in [1.82, 2.24) is 9.30 Å². The Hall–Kier alpha value is -2.64. The molecule has 178 valence electrons. The molecule has 1 fully saturated rings. The first-order valence-electron chi connectivity index (χ1n) is 12.1. The maximum Gasteiger partial charge on any atom is 0.312 e. The second-order valence-electron chi connectivity index (χ2n) is 10.7. The van der Waals surface area contributed by atoms with Gasteiger partial charge in [-0.25, -0.2) is 18.1 Å². The highest BCUT2D eigenvalue weighted by Gasteiger charge is 2.37. The van der Waals surface area contributed by atoms with Crippen LogP contribution in [0.2, 0.25) is 0 Å². The van der Waals surface area contributed by atoms with Gasteiger partial charge in [-0.3, -0.25) is 4.79 Å². The van der Waals surface area contributed by atoms with E-state index in [4.69, 9.17) is 0 Å². The van der Waals surface area contributed by atoms with E-state index in [9.17, 15) is 13.2 Å². The molecule has 0 spiro atoms. The molecule has 0 aromatic heterocycles. The zero-order valence-electron chi connectivity index (χ0n) is 20.3. The monoisotopic (exact) mass is 478 g/mol. The molecule has 3 aliphatic rings. The Morgan fingerprint density at radius 1 is 1.00 bits per heavy atom. The van der Waals surface area contributed by atoms with Gasteiger partial charge in [-0.05, 0) is 76.3 Å². The normalized spacial score (nSPS) is 18.8. The molecule has 0 atom stereocenters. The number of carbonyl (C=O) groups excluding carboxylic acids is 1. The highest BCUT2D eigenvalue weighted by Crippen LogP contribution is 2.34. The predicted octanol–water partition coefficient (Wildman–Crippen LogP) is 1.28. The van der Waals surface area contributed by atoms with Crippen LogP contribution in [-0.2, 0) is 14.8 Å². The second kappa shape index (κ2) is 8.24. The summed E-state index contributed by atoms with van der Waals surface area (Å²) in [6.45, 7) is 7.58. The quantitative estimate of drug-likeness (QED) is 0.675. The third-order valence-electron chi connectivity index (χ3n) is 6.79. The number of aryl methyl sites for hydroxylation is 1. The molecule has 1 amide bonds. The molecule has 0 saturated heterocycles. The van der Waals surface area contributed by atoms with Gasteiger partial charge in [0.2, 0.25) is 27.6 Å². The van der Waals surface area contributed by atoms with E-state index < -0.39 is 15.6 Å². The molecule has 2 aliphatic heterocycles. The lowest BCUT2D eigenvalue weighted by Crippen LogP contribution is -2.42. The molecule has 2 aromatic carbocycles. The summed E-state index contributed by atoms with van der Waals surface area (Å²) in [5.41, 5.74) is 2.71. The highest BCUT2D eigenvalue weighted by atomic mass is 32.2. The van der Waals surface area contributed by atoms with Gasteiger partial charge in [0.1, 0.15) is 0 Å². The number of hydrogen-bond donors (Lipinski definition) is 1. The van der Waals surface area contributed by atoms with Crippen molar-refractivity contribution in [2.75, 3.05) is 6.54 Å². The molecule has 5 rings (SSSR count). The van der Waals surface area contributed by atoms with Crippen LogP contribution in [0.3, 0.4) is 0 Å². The minimum absolute atomic E-state index is 0.0997. The lowest BCUT2D eigenvalue weighted by atomic mass is 9.81.